The van der Waals surface area contributed by atoms with Crippen LogP contribution in [0.3, 0.4) is 0 Å². The van der Waals surface area contributed by atoms with Crippen molar-refractivity contribution in [2.24, 2.45) is 5.73 Å². The summed E-state index contributed by atoms with van der Waals surface area (Å²) < 4.78 is 0. The van der Waals surface area contributed by atoms with E-state index in [1.165, 1.54) is 6.42 Å². The molecule has 2 heteroatoms. The lowest BCUT2D eigenvalue weighted by Gasteiger charge is -2.29. The third-order valence-corrected chi connectivity index (χ3v) is 1.99. The molecule has 0 saturated heterocycles. The zero-order valence-corrected chi connectivity index (χ0v) is 8.35. The third kappa shape index (κ3) is 5.22. The molecule has 2 N–H and O–H groups in total. The van der Waals surface area contributed by atoms with E-state index in [2.05, 4.69) is 32.7 Å². The molecule has 0 aromatic rings. The zero-order valence-electron chi connectivity index (χ0n) is 8.35. The van der Waals surface area contributed by atoms with Crippen molar-refractivity contribution in [1.29, 1.82) is 0 Å². The van der Waals surface area contributed by atoms with Crippen LogP contribution in [-0.4, -0.2) is 30.6 Å². The number of nitrogens with two attached hydrogens (primary N) is 1. The van der Waals surface area contributed by atoms with E-state index in [0.717, 1.165) is 19.5 Å². The third-order valence-electron chi connectivity index (χ3n) is 1.99. The van der Waals surface area contributed by atoms with Crippen molar-refractivity contribution in [3.63, 3.8) is 0 Å². The van der Waals surface area contributed by atoms with Crippen LogP contribution in [0.5, 0.6) is 0 Å². The van der Waals surface area contributed by atoms with Crippen LogP contribution in [0.1, 0.15) is 33.6 Å². The van der Waals surface area contributed by atoms with Gasteiger partial charge in [-0.15, -0.1) is 0 Å². The molecular weight excluding hydrogens is 136 g/mol. The minimum Gasteiger partial charge on any atom is -0.324 e. The second-order valence-electron chi connectivity index (χ2n) is 3.73. The number of rotatable bonds is 5. The molecule has 0 heterocycles. The summed E-state index contributed by atoms with van der Waals surface area (Å²) in [5.41, 5.74) is 6.06. The van der Waals surface area contributed by atoms with Crippen LogP contribution >= 0.6 is 0 Å². The lowest BCUT2D eigenvalue weighted by Crippen LogP contribution is -2.46. The van der Waals surface area contributed by atoms with Crippen LogP contribution in [-0.2, 0) is 0 Å². The van der Waals surface area contributed by atoms with E-state index < -0.39 is 0 Å². The Morgan fingerprint density at radius 3 is 2.27 bits per heavy atom. The Labute approximate surface area is 70.8 Å². The molecule has 0 aromatic carbocycles. The number of hydrogen-bond acceptors (Lipinski definition) is 2. The van der Waals surface area contributed by atoms with Gasteiger partial charge in [0.05, 0.1) is 0 Å². The Kier molecular flexibility index (Phi) is 4.69. The molecule has 0 bridgehead atoms. The van der Waals surface area contributed by atoms with Gasteiger partial charge in [-0.25, -0.2) is 0 Å². The molecule has 0 aliphatic heterocycles. The van der Waals surface area contributed by atoms with Crippen LogP contribution in [0.25, 0.3) is 0 Å². The summed E-state index contributed by atoms with van der Waals surface area (Å²) >= 11 is 0. The van der Waals surface area contributed by atoms with Gasteiger partial charge in [0.1, 0.15) is 0 Å². The fraction of sp³-hybridized carbons (Fsp3) is 1.00. The van der Waals surface area contributed by atoms with E-state index in [-0.39, 0.29) is 5.54 Å². The normalized spacial score (nSPS) is 16.9. The lowest BCUT2D eigenvalue weighted by atomic mass is 9.97. The monoisotopic (exact) mass is 158 g/mol. The molecule has 11 heavy (non-hydrogen) atoms. The predicted molar refractivity (Wildman–Crippen MR) is 50.7 cm³/mol. The molecule has 68 valence electrons. The van der Waals surface area contributed by atoms with Gasteiger partial charge in [-0.2, -0.15) is 0 Å². The van der Waals surface area contributed by atoms with Crippen LogP contribution in [0.2, 0.25) is 0 Å². The first-order valence-corrected chi connectivity index (χ1v) is 4.49. The van der Waals surface area contributed by atoms with Gasteiger partial charge in [0, 0.05) is 12.1 Å². The van der Waals surface area contributed by atoms with Gasteiger partial charge in [-0.05, 0) is 26.9 Å². The van der Waals surface area contributed by atoms with Crippen molar-refractivity contribution >= 4 is 0 Å². The predicted octanol–water partition coefficient (Wildman–Crippen LogP) is 1.46. The Balaban J connectivity index is 3.70. The molecule has 2 nitrogen and oxygen atoms in total. The Morgan fingerprint density at radius 1 is 1.36 bits per heavy atom. The maximum Gasteiger partial charge on any atom is 0.0254 e. The first-order valence-electron chi connectivity index (χ1n) is 4.49. The maximum atomic E-state index is 6.06. The average Bonchev–Trinajstić information content (AvgIpc) is 1.86. The Bertz CT molecular complexity index is 99.7. The summed E-state index contributed by atoms with van der Waals surface area (Å²) in [6, 6.07) is 0. The molecule has 0 radical (unpaired) electrons. The van der Waals surface area contributed by atoms with E-state index in [1.54, 1.807) is 0 Å². The van der Waals surface area contributed by atoms with E-state index >= 15 is 0 Å². The summed E-state index contributed by atoms with van der Waals surface area (Å²) in [5, 5.41) is 0. The van der Waals surface area contributed by atoms with Gasteiger partial charge in [-0.1, -0.05) is 20.3 Å². The van der Waals surface area contributed by atoms with Crippen molar-refractivity contribution in [3.05, 3.63) is 0 Å². The van der Waals surface area contributed by atoms with Crippen molar-refractivity contribution < 1.29 is 0 Å². The van der Waals surface area contributed by atoms with Crippen molar-refractivity contribution in [2.75, 3.05) is 20.1 Å². The summed E-state index contributed by atoms with van der Waals surface area (Å²) in [7, 11) is 2.11. The molecule has 0 saturated carbocycles. The fourth-order valence-electron chi connectivity index (χ4n) is 1.38. The highest BCUT2D eigenvalue weighted by Gasteiger charge is 2.18. The van der Waals surface area contributed by atoms with Crippen molar-refractivity contribution in [1.82, 2.24) is 4.90 Å². The van der Waals surface area contributed by atoms with Crippen LogP contribution in [0.4, 0.5) is 0 Å². The molecule has 0 fully saturated rings. The minimum atomic E-state index is -0.000486. The minimum absolute atomic E-state index is 0.000486. The van der Waals surface area contributed by atoms with E-state index in [1.807, 2.05) is 0 Å². The Hall–Kier alpha value is -0.0800. The molecular formula is C9H22N2. The van der Waals surface area contributed by atoms with E-state index in [4.69, 9.17) is 5.73 Å². The summed E-state index contributed by atoms with van der Waals surface area (Å²) in [4.78, 5) is 2.26. The zero-order chi connectivity index (χ0) is 8.91. The smallest absolute Gasteiger partial charge is 0.0254 e. The quantitative estimate of drug-likeness (QED) is 0.656. The number of hydrogen-bond donors (Lipinski definition) is 1. The molecule has 0 aromatic heterocycles. The summed E-state index contributed by atoms with van der Waals surface area (Å²) in [6.07, 6.45) is 2.28. The SMILES string of the molecule is CCCC(C)(N)CN(C)CC. The van der Waals surface area contributed by atoms with Crippen LogP contribution in [0.15, 0.2) is 0 Å². The standard InChI is InChI=1S/C9H22N2/c1-5-7-9(3,10)8-11(4)6-2/h5-8,10H2,1-4H3. The Morgan fingerprint density at radius 2 is 1.91 bits per heavy atom. The second-order valence-corrected chi connectivity index (χ2v) is 3.73. The summed E-state index contributed by atoms with van der Waals surface area (Å²) in [5.74, 6) is 0. The van der Waals surface area contributed by atoms with Gasteiger partial charge >= 0.3 is 0 Å². The van der Waals surface area contributed by atoms with Gasteiger partial charge in [0.15, 0.2) is 0 Å². The first kappa shape index (κ1) is 10.9. The van der Waals surface area contributed by atoms with Gasteiger partial charge in [-0.3, -0.25) is 0 Å². The molecule has 0 rings (SSSR count). The lowest BCUT2D eigenvalue weighted by molar-refractivity contribution is 0.256. The second kappa shape index (κ2) is 4.73. The molecule has 0 aliphatic rings. The largest absolute Gasteiger partial charge is 0.324 e. The molecule has 0 aliphatic carbocycles. The molecule has 0 spiro atoms. The van der Waals surface area contributed by atoms with Gasteiger partial charge in [0.25, 0.3) is 0 Å². The molecule has 0 amide bonds. The van der Waals surface area contributed by atoms with Crippen LogP contribution < -0.4 is 5.73 Å². The van der Waals surface area contributed by atoms with Gasteiger partial charge < -0.3 is 10.6 Å². The van der Waals surface area contributed by atoms with E-state index in [9.17, 15) is 0 Å². The average molecular weight is 158 g/mol. The highest BCUT2D eigenvalue weighted by Crippen LogP contribution is 2.09. The fourth-order valence-corrected chi connectivity index (χ4v) is 1.38. The maximum absolute atomic E-state index is 6.06. The topological polar surface area (TPSA) is 29.3 Å². The van der Waals surface area contributed by atoms with Crippen LogP contribution in [0, 0.1) is 0 Å². The van der Waals surface area contributed by atoms with Crippen molar-refractivity contribution in [2.45, 2.75) is 39.2 Å². The number of nitrogens with zero attached hydrogens (tertiary/aromatic N) is 1. The highest BCUT2D eigenvalue weighted by atomic mass is 15.1. The number of likely N-dealkylation sites (N-methyl/N-ethyl adjacent to an activating group) is 1. The summed E-state index contributed by atoms with van der Waals surface area (Å²) in [6.45, 7) is 8.54. The van der Waals surface area contributed by atoms with Gasteiger partial charge in [0.2, 0.25) is 0 Å². The molecule has 1 unspecified atom stereocenters. The van der Waals surface area contributed by atoms with E-state index in [0.29, 0.717) is 0 Å². The molecule has 1 atom stereocenters. The van der Waals surface area contributed by atoms with Crippen molar-refractivity contribution in [3.8, 4) is 0 Å². The highest BCUT2D eigenvalue weighted by molar-refractivity contribution is 4.80. The first-order chi connectivity index (χ1) is 5.02.